The van der Waals surface area contributed by atoms with Gasteiger partial charge in [-0.15, -0.1) is 10.2 Å². The van der Waals surface area contributed by atoms with E-state index >= 15 is 0 Å². The van der Waals surface area contributed by atoms with Crippen LogP contribution in [0.3, 0.4) is 0 Å². The molecule has 0 unspecified atom stereocenters. The summed E-state index contributed by atoms with van der Waals surface area (Å²) in [5.41, 5.74) is 1.07. The first-order valence-electron chi connectivity index (χ1n) is 7.33. The van der Waals surface area contributed by atoms with E-state index in [9.17, 15) is 4.79 Å². The monoisotopic (exact) mass is 409 g/mol. The first-order valence-corrected chi connectivity index (χ1v) is 8.90. The van der Waals surface area contributed by atoms with E-state index in [1.54, 1.807) is 36.4 Å². The van der Waals surface area contributed by atoms with Crippen LogP contribution in [0.5, 0.6) is 11.5 Å². The Balaban J connectivity index is 1.82. The Labute approximate surface area is 163 Å². The molecular weight excluding hydrogens is 397 g/mol. The molecule has 0 bridgehead atoms. The van der Waals surface area contributed by atoms with Crippen LogP contribution in [0, 0.1) is 0 Å². The van der Waals surface area contributed by atoms with E-state index in [4.69, 9.17) is 32.7 Å². The van der Waals surface area contributed by atoms with Gasteiger partial charge in [-0.3, -0.25) is 10.1 Å². The summed E-state index contributed by atoms with van der Waals surface area (Å²) in [6, 6.07) is 9.99. The topological polar surface area (TPSA) is 73.3 Å². The molecule has 0 saturated heterocycles. The summed E-state index contributed by atoms with van der Waals surface area (Å²) in [5.74, 6) is 0.674. The van der Waals surface area contributed by atoms with Crippen LogP contribution in [0.2, 0.25) is 10.0 Å². The quantitative estimate of drug-likeness (QED) is 0.655. The molecule has 0 spiro atoms. The lowest BCUT2D eigenvalue weighted by molar-refractivity contribution is 0.102. The number of benzene rings is 2. The van der Waals surface area contributed by atoms with Crippen molar-refractivity contribution < 1.29 is 14.3 Å². The summed E-state index contributed by atoms with van der Waals surface area (Å²) in [6.07, 6.45) is 0. The molecule has 1 heterocycles. The fourth-order valence-electron chi connectivity index (χ4n) is 2.15. The third-order valence-electron chi connectivity index (χ3n) is 3.42. The minimum absolute atomic E-state index is 0.345. The minimum atomic E-state index is -0.355. The van der Waals surface area contributed by atoms with Crippen LogP contribution in [0.1, 0.15) is 10.4 Å². The van der Waals surface area contributed by atoms with E-state index in [1.807, 2.05) is 0 Å². The molecule has 0 aliphatic carbocycles. The van der Waals surface area contributed by atoms with Gasteiger partial charge in [0.05, 0.1) is 19.2 Å². The molecule has 0 atom stereocenters. The second-order valence-corrected chi connectivity index (χ2v) is 6.91. The molecule has 0 aliphatic rings. The number of nitrogens with zero attached hydrogens (tertiary/aromatic N) is 2. The maximum absolute atomic E-state index is 12.5. The molecule has 26 heavy (non-hydrogen) atoms. The van der Waals surface area contributed by atoms with Gasteiger partial charge in [0, 0.05) is 22.2 Å². The lowest BCUT2D eigenvalue weighted by Gasteiger charge is -2.07. The van der Waals surface area contributed by atoms with E-state index in [0.717, 1.165) is 0 Å². The Hall–Kier alpha value is -2.35. The van der Waals surface area contributed by atoms with Crippen LogP contribution in [0.25, 0.3) is 10.6 Å². The molecule has 1 aromatic heterocycles. The first kappa shape index (κ1) is 18.4. The number of halogens is 2. The zero-order valence-corrected chi connectivity index (χ0v) is 16.1. The summed E-state index contributed by atoms with van der Waals surface area (Å²) in [5, 5.41) is 12.7. The SMILES string of the molecule is COc1cc(OC)cc(C(=O)Nc2nnc(-c3ccc(Cl)cc3Cl)s2)c1. The molecule has 6 nitrogen and oxygen atoms in total. The second kappa shape index (κ2) is 7.90. The molecule has 0 radical (unpaired) electrons. The van der Waals surface area contributed by atoms with Crippen molar-refractivity contribution >= 4 is 45.6 Å². The van der Waals surface area contributed by atoms with Crippen molar-refractivity contribution in [3.63, 3.8) is 0 Å². The van der Waals surface area contributed by atoms with Gasteiger partial charge in [-0.05, 0) is 30.3 Å². The number of ether oxygens (including phenoxy) is 2. The maximum atomic E-state index is 12.5. The predicted octanol–water partition coefficient (Wildman–Crippen LogP) is 4.78. The zero-order chi connectivity index (χ0) is 18.7. The molecule has 3 aromatic rings. The smallest absolute Gasteiger partial charge is 0.257 e. The average Bonchev–Trinajstić information content (AvgIpc) is 3.09. The average molecular weight is 410 g/mol. The van der Waals surface area contributed by atoms with Gasteiger partial charge in [-0.1, -0.05) is 34.5 Å². The van der Waals surface area contributed by atoms with Crippen LogP contribution in [-0.4, -0.2) is 30.3 Å². The molecule has 2 aromatic carbocycles. The lowest BCUT2D eigenvalue weighted by atomic mass is 10.2. The van der Waals surface area contributed by atoms with Crippen molar-refractivity contribution in [2.24, 2.45) is 0 Å². The van der Waals surface area contributed by atoms with Gasteiger partial charge >= 0.3 is 0 Å². The number of carbonyl (C=O) groups excluding carboxylic acids is 1. The minimum Gasteiger partial charge on any atom is -0.497 e. The normalized spacial score (nSPS) is 10.5. The predicted molar refractivity (Wildman–Crippen MR) is 103 cm³/mol. The molecule has 0 aliphatic heterocycles. The number of aromatic nitrogens is 2. The fourth-order valence-corrected chi connectivity index (χ4v) is 3.49. The van der Waals surface area contributed by atoms with Gasteiger partial charge < -0.3 is 9.47 Å². The largest absolute Gasteiger partial charge is 0.497 e. The first-order chi connectivity index (χ1) is 12.5. The van der Waals surface area contributed by atoms with E-state index in [0.29, 0.717) is 42.8 Å². The standard InChI is InChI=1S/C17H13Cl2N3O3S/c1-24-11-5-9(6-12(8-11)25-2)15(23)20-17-22-21-16(26-17)13-4-3-10(18)7-14(13)19/h3-8H,1-2H3,(H,20,22,23). The van der Waals surface area contributed by atoms with Gasteiger partial charge in [-0.25, -0.2) is 0 Å². The molecule has 1 N–H and O–H groups in total. The van der Waals surface area contributed by atoms with Gasteiger partial charge in [0.15, 0.2) is 5.01 Å². The summed E-state index contributed by atoms with van der Waals surface area (Å²) in [4.78, 5) is 12.5. The zero-order valence-electron chi connectivity index (χ0n) is 13.7. The lowest BCUT2D eigenvalue weighted by Crippen LogP contribution is -2.12. The number of nitrogens with one attached hydrogen (secondary N) is 1. The van der Waals surface area contributed by atoms with E-state index in [1.165, 1.54) is 25.6 Å². The third-order valence-corrected chi connectivity index (χ3v) is 4.84. The molecule has 9 heteroatoms. The molecule has 1 amide bonds. The van der Waals surface area contributed by atoms with Crippen molar-refractivity contribution in [3.8, 4) is 22.1 Å². The third kappa shape index (κ3) is 4.07. The molecule has 134 valence electrons. The van der Waals surface area contributed by atoms with Crippen molar-refractivity contribution in [1.82, 2.24) is 10.2 Å². The highest BCUT2D eigenvalue weighted by Gasteiger charge is 2.15. The van der Waals surface area contributed by atoms with Crippen LogP contribution >= 0.6 is 34.5 Å². The van der Waals surface area contributed by atoms with E-state index in [2.05, 4.69) is 15.5 Å². The van der Waals surface area contributed by atoms with E-state index in [-0.39, 0.29) is 5.91 Å². The van der Waals surface area contributed by atoms with Crippen LogP contribution in [0.15, 0.2) is 36.4 Å². The van der Waals surface area contributed by atoms with Crippen LogP contribution < -0.4 is 14.8 Å². The molecule has 3 rings (SSSR count). The van der Waals surface area contributed by atoms with Gasteiger partial charge in [0.1, 0.15) is 11.5 Å². The highest BCUT2D eigenvalue weighted by atomic mass is 35.5. The Bertz CT molecular complexity index is 940. The van der Waals surface area contributed by atoms with Crippen LogP contribution in [0.4, 0.5) is 5.13 Å². The molecule has 0 fully saturated rings. The van der Waals surface area contributed by atoms with Gasteiger partial charge in [-0.2, -0.15) is 0 Å². The van der Waals surface area contributed by atoms with E-state index < -0.39 is 0 Å². The highest BCUT2D eigenvalue weighted by Crippen LogP contribution is 2.33. The number of rotatable bonds is 5. The van der Waals surface area contributed by atoms with Crippen LogP contribution in [-0.2, 0) is 0 Å². The fraction of sp³-hybridized carbons (Fsp3) is 0.118. The highest BCUT2D eigenvalue weighted by molar-refractivity contribution is 7.18. The van der Waals surface area contributed by atoms with Gasteiger partial charge in [0.25, 0.3) is 5.91 Å². The number of carbonyl (C=O) groups is 1. The van der Waals surface area contributed by atoms with Gasteiger partial charge in [0.2, 0.25) is 5.13 Å². The Morgan fingerprint density at radius 2 is 1.73 bits per heavy atom. The van der Waals surface area contributed by atoms with Crippen molar-refractivity contribution in [1.29, 1.82) is 0 Å². The maximum Gasteiger partial charge on any atom is 0.257 e. The van der Waals surface area contributed by atoms with Crippen molar-refractivity contribution in [2.45, 2.75) is 0 Å². The Kier molecular flexibility index (Phi) is 5.61. The number of hydrogen-bond donors (Lipinski definition) is 1. The summed E-state index contributed by atoms with van der Waals surface area (Å²) in [6.45, 7) is 0. The summed E-state index contributed by atoms with van der Waals surface area (Å²) in [7, 11) is 3.03. The summed E-state index contributed by atoms with van der Waals surface area (Å²) < 4.78 is 10.3. The molecular formula is C17H13Cl2N3O3S. The van der Waals surface area contributed by atoms with Crippen molar-refractivity contribution in [3.05, 3.63) is 52.0 Å². The number of anilines is 1. The number of methoxy groups -OCH3 is 2. The Morgan fingerprint density at radius 1 is 1.04 bits per heavy atom. The molecule has 0 saturated carbocycles. The summed E-state index contributed by atoms with van der Waals surface area (Å²) >= 11 is 13.3. The van der Waals surface area contributed by atoms with Crippen molar-refractivity contribution in [2.75, 3.05) is 19.5 Å². The number of hydrogen-bond acceptors (Lipinski definition) is 6. The Morgan fingerprint density at radius 3 is 2.35 bits per heavy atom. The second-order valence-electron chi connectivity index (χ2n) is 5.09. The number of amides is 1.